The molecule has 0 radical (unpaired) electrons. The van der Waals surface area contributed by atoms with E-state index in [0.717, 1.165) is 34.1 Å². The van der Waals surface area contributed by atoms with Gasteiger partial charge in [0.25, 0.3) is 0 Å². The summed E-state index contributed by atoms with van der Waals surface area (Å²) in [6, 6.07) is 14.5. The smallest absolute Gasteiger partial charge is 0.191 e. The van der Waals surface area contributed by atoms with Crippen LogP contribution in [-0.2, 0) is 17.8 Å². The number of benzene rings is 2. The lowest BCUT2D eigenvalue weighted by molar-refractivity contribution is 0.110. The third-order valence-electron chi connectivity index (χ3n) is 4.80. The van der Waals surface area contributed by atoms with Crippen LogP contribution in [-0.4, -0.2) is 42.4 Å². The minimum atomic E-state index is 0. The molecule has 2 aromatic carbocycles. The quantitative estimate of drug-likeness (QED) is 0.173. The number of nitrogens with zero attached hydrogens (tertiary/aromatic N) is 3. The molecule has 0 unspecified atom stereocenters. The molecule has 3 rings (SSSR count). The first-order valence-corrected chi connectivity index (χ1v) is 10.5. The van der Waals surface area contributed by atoms with Crippen LogP contribution in [0.2, 0.25) is 0 Å². The summed E-state index contributed by atoms with van der Waals surface area (Å²) in [4.78, 5) is 8.51. The highest BCUT2D eigenvalue weighted by Gasteiger charge is 2.08. The molecule has 0 aliphatic heterocycles. The molecule has 0 saturated heterocycles. The van der Waals surface area contributed by atoms with Crippen molar-refractivity contribution in [3.63, 3.8) is 0 Å². The minimum absolute atomic E-state index is 0. The van der Waals surface area contributed by atoms with E-state index in [4.69, 9.17) is 9.47 Å². The molecule has 0 saturated carbocycles. The summed E-state index contributed by atoms with van der Waals surface area (Å²) in [6.45, 7) is 7.09. The maximum atomic E-state index is 5.94. The number of para-hydroxylation sites is 1. The molecule has 172 valence electrons. The Kier molecular flexibility index (Phi) is 11.0. The molecule has 8 heteroatoms. The van der Waals surface area contributed by atoms with E-state index >= 15 is 0 Å². The van der Waals surface area contributed by atoms with Gasteiger partial charge >= 0.3 is 0 Å². The Bertz CT molecular complexity index is 976. The van der Waals surface area contributed by atoms with Crippen LogP contribution in [0.4, 0.5) is 0 Å². The van der Waals surface area contributed by atoms with Crippen LogP contribution in [0.3, 0.4) is 0 Å². The Morgan fingerprint density at radius 1 is 1.06 bits per heavy atom. The van der Waals surface area contributed by atoms with Crippen molar-refractivity contribution in [2.45, 2.75) is 26.9 Å². The van der Waals surface area contributed by atoms with Crippen LogP contribution in [0.15, 0.2) is 66.2 Å². The van der Waals surface area contributed by atoms with Crippen molar-refractivity contribution >= 4 is 29.9 Å². The van der Waals surface area contributed by atoms with E-state index < -0.39 is 0 Å². The number of halogens is 1. The zero-order valence-corrected chi connectivity index (χ0v) is 21.2. The Morgan fingerprint density at radius 3 is 2.56 bits per heavy atom. The van der Waals surface area contributed by atoms with Gasteiger partial charge in [0.05, 0.1) is 18.6 Å². The van der Waals surface area contributed by atoms with Crippen molar-refractivity contribution < 1.29 is 9.47 Å². The molecular formula is C24H32IN5O2. The number of aromatic nitrogens is 2. The number of guanidine groups is 1. The average Bonchev–Trinajstić information content (AvgIpc) is 3.33. The number of hydrogen-bond donors (Lipinski definition) is 2. The Morgan fingerprint density at radius 2 is 1.84 bits per heavy atom. The zero-order chi connectivity index (χ0) is 21.9. The first-order chi connectivity index (χ1) is 15.2. The van der Waals surface area contributed by atoms with Gasteiger partial charge in [-0.15, -0.1) is 24.0 Å². The highest BCUT2D eigenvalue weighted by Crippen LogP contribution is 2.20. The van der Waals surface area contributed by atoms with Gasteiger partial charge in [0, 0.05) is 44.7 Å². The molecule has 32 heavy (non-hydrogen) atoms. The van der Waals surface area contributed by atoms with Crippen molar-refractivity contribution in [1.29, 1.82) is 0 Å². The third kappa shape index (κ3) is 7.52. The number of ether oxygens (including phenoxy) is 2. The second-order valence-corrected chi connectivity index (χ2v) is 7.03. The number of nitrogens with one attached hydrogen (secondary N) is 2. The first kappa shape index (κ1) is 25.7. The van der Waals surface area contributed by atoms with Gasteiger partial charge in [-0.1, -0.05) is 30.3 Å². The van der Waals surface area contributed by atoms with Gasteiger partial charge < -0.3 is 24.7 Å². The fourth-order valence-electron chi connectivity index (χ4n) is 3.19. The molecule has 0 aliphatic carbocycles. The predicted molar refractivity (Wildman–Crippen MR) is 139 cm³/mol. The number of aliphatic imine (C=N–C) groups is 1. The van der Waals surface area contributed by atoms with Gasteiger partial charge in [-0.2, -0.15) is 0 Å². The monoisotopic (exact) mass is 549 g/mol. The normalized spacial score (nSPS) is 11.0. The maximum absolute atomic E-state index is 5.94. The third-order valence-corrected chi connectivity index (χ3v) is 4.80. The van der Waals surface area contributed by atoms with Crippen LogP contribution in [0, 0.1) is 6.92 Å². The number of imidazole rings is 1. The number of rotatable bonds is 10. The zero-order valence-electron chi connectivity index (χ0n) is 18.9. The van der Waals surface area contributed by atoms with E-state index in [1.165, 1.54) is 0 Å². The van der Waals surface area contributed by atoms with E-state index in [2.05, 4.69) is 57.9 Å². The highest BCUT2D eigenvalue weighted by atomic mass is 127. The van der Waals surface area contributed by atoms with E-state index in [0.29, 0.717) is 32.9 Å². The molecule has 3 aromatic rings. The first-order valence-electron chi connectivity index (χ1n) is 10.5. The van der Waals surface area contributed by atoms with Crippen LogP contribution < -0.4 is 15.4 Å². The van der Waals surface area contributed by atoms with Crippen LogP contribution in [0.25, 0.3) is 5.69 Å². The molecular weight excluding hydrogens is 517 g/mol. The predicted octanol–water partition coefficient (Wildman–Crippen LogP) is 4.08. The second-order valence-electron chi connectivity index (χ2n) is 7.03. The summed E-state index contributed by atoms with van der Waals surface area (Å²) >= 11 is 0. The van der Waals surface area contributed by atoms with Gasteiger partial charge in [-0.25, -0.2) is 4.98 Å². The summed E-state index contributed by atoms with van der Waals surface area (Å²) < 4.78 is 13.3. The molecule has 1 heterocycles. The van der Waals surface area contributed by atoms with Crippen molar-refractivity contribution in [2.24, 2.45) is 4.99 Å². The van der Waals surface area contributed by atoms with Crippen LogP contribution >= 0.6 is 24.0 Å². The standard InChI is InChI=1S/C24H31N5O2.HI/c1-4-30-13-14-31-23-15-19(2)9-10-21(23)17-28-24(25-3)27-16-20-7-5-6-8-22(20)29-12-11-26-18-29;/h5-12,15,18H,4,13-14,16-17H2,1-3H3,(H2,25,27,28);1H. The molecule has 1 aromatic heterocycles. The highest BCUT2D eigenvalue weighted by molar-refractivity contribution is 14.0. The lowest BCUT2D eigenvalue weighted by Gasteiger charge is -2.16. The number of hydrogen-bond acceptors (Lipinski definition) is 4. The van der Waals surface area contributed by atoms with Crippen molar-refractivity contribution in [3.8, 4) is 11.4 Å². The summed E-state index contributed by atoms with van der Waals surface area (Å²) in [5.41, 5.74) is 4.47. The molecule has 0 amide bonds. The molecule has 7 nitrogen and oxygen atoms in total. The average molecular weight is 549 g/mol. The summed E-state index contributed by atoms with van der Waals surface area (Å²) in [5.74, 6) is 1.59. The van der Waals surface area contributed by atoms with Crippen LogP contribution in [0.1, 0.15) is 23.6 Å². The minimum Gasteiger partial charge on any atom is -0.491 e. The van der Waals surface area contributed by atoms with Gasteiger partial charge in [-0.05, 0) is 37.1 Å². The SMILES string of the molecule is CCOCCOc1cc(C)ccc1CNC(=NC)NCc1ccccc1-n1ccnc1.I. The van der Waals surface area contributed by atoms with E-state index in [-0.39, 0.29) is 24.0 Å². The molecule has 0 aliphatic rings. The fourth-order valence-corrected chi connectivity index (χ4v) is 3.19. The Balaban J connectivity index is 0.00000363. The molecule has 0 bridgehead atoms. The van der Waals surface area contributed by atoms with Crippen molar-refractivity contribution in [3.05, 3.63) is 77.9 Å². The van der Waals surface area contributed by atoms with Gasteiger partial charge in [0.1, 0.15) is 12.4 Å². The fraction of sp³-hybridized carbons (Fsp3) is 0.333. The second kappa shape index (κ2) is 13.7. The maximum Gasteiger partial charge on any atom is 0.191 e. The number of aryl methyl sites for hydroxylation is 1. The lowest BCUT2D eigenvalue weighted by atomic mass is 10.1. The van der Waals surface area contributed by atoms with Crippen molar-refractivity contribution in [1.82, 2.24) is 20.2 Å². The van der Waals surface area contributed by atoms with Gasteiger partial charge in [-0.3, -0.25) is 4.99 Å². The van der Waals surface area contributed by atoms with Crippen molar-refractivity contribution in [2.75, 3.05) is 26.9 Å². The lowest BCUT2D eigenvalue weighted by Crippen LogP contribution is -2.36. The molecule has 0 fully saturated rings. The van der Waals surface area contributed by atoms with E-state index in [1.807, 2.05) is 29.8 Å². The molecule has 0 atom stereocenters. The van der Waals surface area contributed by atoms with Crippen LogP contribution in [0.5, 0.6) is 5.75 Å². The summed E-state index contributed by atoms with van der Waals surface area (Å²) in [5, 5.41) is 6.77. The molecule has 0 spiro atoms. The molecule has 2 N–H and O–H groups in total. The summed E-state index contributed by atoms with van der Waals surface area (Å²) in [7, 11) is 1.77. The largest absolute Gasteiger partial charge is 0.491 e. The Hall–Kier alpha value is -2.59. The topological polar surface area (TPSA) is 72.7 Å². The van der Waals surface area contributed by atoms with E-state index in [1.54, 1.807) is 19.6 Å². The Labute approximate surface area is 207 Å². The van der Waals surface area contributed by atoms with Gasteiger partial charge in [0.2, 0.25) is 0 Å². The van der Waals surface area contributed by atoms with E-state index in [9.17, 15) is 0 Å². The van der Waals surface area contributed by atoms with Gasteiger partial charge in [0.15, 0.2) is 5.96 Å². The summed E-state index contributed by atoms with van der Waals surface area (Å²) in [6.07, 6.45) is 5.52.